The van der Waals surface area contributed by atoms with E-state index in [1.807, 2.05) is 42.5 Å². The number of carbonyl (C=O) groups is 2. The van der Waals surface area contributed by atoms with Gasteiger partial charge in [0.15, 0.2) is 0 Å². The quantitative estimate of drug-likeness (QED) is 0.275. The number of rotatable bonds is 7. The smallest absolute Gasteiger partial charge is 0.312 e. The molecular weight excluding hydrogens is 461 g/mol. The molecular formula is C20H20INO5. The van der Waals surface area contributed by atoms with Crippen LogP contribution in [0.15, 0.2) is 48.5 Å². The Bertz CT molecular complexity index is 839. The number of methoxy groups -OCH3 is 1. The minimum atomic E-state index is -0.912. The molecule has 2 N–H and O–H groups in total. The van der Waals surface area contributed by atoms with Crippen molar-refractivity contribution in [1.82, 2.24) is 5.48 Å². The molecule has 0 bridgehead atoms. The van der Waals surface area contributed by atoms with E-state index < -0.39 is 23.2 Å². The number of benzene rings is 2. The van der Waals surface area contributed by atoms with E-state index in [0.29, 0.717) is 19.4 Å². The second-order valence-corrected chi connectivity index (χ2v) is 7.87. The predicted octanol–water partition coefficient (Wildman–Crippen LogP) is 3.10. The van der Waals surface area contributed by atoms with Gasteiger partial charge in [-0.25, -0.2) is 5.48 Å². The molecule has 0 radical (unpaired) electrons. The van der Waals surface area contributed by atoms with Crippen molar-refractivity contribution >= 4 is 34.5 Å². The molecule has 0 spiro atoms. The lowest BCUT2D eigenvalue weighted by atomic mass is 9.93. The van der Waals surface area contributed by atoms with E-state index in [1.165, 1.54) is 7.11 Å². The van der Waals surface area contributed by atoms with Gasteiger partial charge in [0.2, 0.25) is 5.91 Å². The SMILES string of the molecule is COC(=O)C1(Cc2ccc(OCc3cccc(I)c3)cc2)CC1C(=O)NO. The van der Waals surface area contributed by atoms with Crippen LogP contribution in [-0.4, -0.2) is 24.2 Å². The maximum atomic E-state index is 12.2. The summed E-state index contributed by atoms with van der Waals surface area (Å²) in [6.07, 6.45) is 0.728. The van der Waals surface area contributed by atoms with Crippen LogP contribution < -0.4 is 10.2 Å². The van der Waals surface area contributed by atoms with E-state index in [0.717, 1.165) is 20.4 Å². The number of halogens is 1. The minimum absolute atomic E-state index is 0.358. The number of esters is 1. The van der Waals surface area contributed by atoms with Gasteiger partial charge in [0.1, 0.15) is 12.4 Å². The highest BCUT2D eigenvalue weighted by atomic mass is 127. The molecule has 1 aliphatic rings. The topological polar surface area (TPSA) is 84.9 Å². The van der Waals surface area contributed by atoms with Crippen LogP contribution >= 0.6 is 22.6 Å². The van der Waals surface area contributed by atoms with Gasteiger partial charge < -0.3 is 9.47 Å². The number of hydrogen-bond donors (Lipinski definition) is 2. The molecule has 7 heteroatoms. The van der Waals surface area contributed by atoms with Gasteiger partial charge in [0.05, 0.1) is 18.4 Å². The Morgan fingerprint density at radius 1 is 1.22 bits per heavy atom. The first-order chi connectivity index (χ1) is 13.0. The molecule has 2 unspecified atom stereocenters. The van der Waals surface area contributed by atoms with E-state index >= 15 is 0 Å². The molecule has 1 aliphatic carbocycles. The fraction of sp³-hybridized carbons (Fsp3) is 0.300. The van der Waals surface area contributed by atoms with Crippen molar-refractivity contribution < 1.29 is 24.3 Å². The summed E-state index contributed by atoms with van der Waals surface area (Å²) in [5.41, 5.74) is 2.70. The Balaban J connectivity index is 1.64. The van der Waals surface area contributed by atoms with Crippen molar-refractivity contribution in [3.8, 4) is 5.75 Å². The zero-order valence-electron chi connectivity index (χ0n) is 14.8. The van der Waals surface area contributed by atoms with Crippen molar-refractivity contribution in [2.75, 3.05) is 7.11 Å². The minimum Gasteiger partial charge on any atom is -0.489 e. The molecule has 0 aliphatic heterocycles. The largest absolute Gasteiger partial charge is 0.489 e. The second kappa shape index (κ2) is 8.26. The first-order valence-corrected chi connectivity index (χ1v) is 9.55. The highest BCUT2D eigenvalue weighted by molar-refractivity contribution is 14.1. The van der Waals surface area contributed by atoms with Gasteiger partial charge in [-0.2, -0.15) is 0 Å². The average molecular weight is 481 g/mol. The first-order valence-electron chi connectivity index (χ1n) is 8.47. The van der Waals surface area contributed by atoms with Crippen molar-refractivity contribution in [2.24, 2.45) is 11.3 Å². The Morgan fingerprint density at radius 3 is 2.59 bits per heavy atom. The Morgan fingerprint density at radius 2 is 1.96 bits per heavy atom. The highest BCUT2D eigenvalue weighted by Gasteiger charge is 2.64. The summed E-state index contributed by atoms with van der Waals surface area (Å²) >= 11 is 2.26. The fourth-order valence-electron chi connectivity index (χ4n) is 3.28. The third-order valence-electron chi connectivity index (χ3n) is 4.83. The van der Waals surface area contributed by atoms with Crippen molar-refractivity contribution in [3.63, 3.8) is 0 Å². The molecule has 27 heavy (non-hydrogen) atoms. The zero-order chi connectivity index (χ0) is 19.4. The summed E-state index contributed by atoms with van der Waals surface area (Å²) < 4.78 is 11.8. The molecule has 6 nitrogen and oxygen atoms in total. The van der Waals surface area contributed by atoms with Gasteiger partial charge in [0.25, 0.3) is 0 Å². The maximum absolute atomic E-state index is 12.2. The number of carbonyl (C=O) groups excluding carboxylic acids is 2. The van der Waals surface area contributed by atoms with Crippen LogP contribution in [0.25, 0.3) is 0 Å². The van der Waals surface area contributed by atoms with Gasteiger partial charge >= 0.3 is 5.97 Å². The summed E-state index contributed by atoms with van der Waals surface area (Å²) in [5.74, 6) is -0.843. The van der Waals surface area contributed by atoms with Crippen LogP contribution in [0.5, 0.6) is 5.75 Å². The van der Waals surface area contributed by atoms with E-state index in [2.05, 4.69) is 28.7 Å². The molecule has 142 valence electrons. The number of hydrogen-bond acceptors (Lipinski definition) is 5. The number of hydroxylamine groups is 1. The van der Waals surface area contributed by atoms with Crippen molar-refractivity contribution in [1.29, 1.82) is 0 Å². The standard InChI is InChI=1S/C20H20INO5/c1-26-19(24)20(11-17(20)18(23)22-25)10-13-5-7-16(8-6-13)27-12-14-3-2-4-15(21)9-14/h2-9,17,25H,10-12H2,1H3,(H,22,23). The lowest BCUT2D eigenvalue weighted by Crippen LogP contribution is -2.30. The molecule has 2 aromatic carbocycles. The normalized spacial score (nSPS) is 20.6. The van der Waals surface area contributed by atoms with Crippen LogP contribution in [0.2, 0.25) is 0 Å². The summed E-state index contributed by atoms with van der Waals surface area (Å²) in [4.78, 5) is 23.9. The second-order valence-electron chi connectivity index (χ2n) is 6.62. The van der Waals surface area contributed by atoms with Crippen LogP contribution in [0.1, 0.15) is 17.5 Å². The van der Waals surface area contributed by atoms with Crippen LogP contribution in [0.3, 0.4) is 0 Å². The van der Waals surface area contributed by atoms with Crippen LogP contribution in [0, 0.1) is 14.9 Å². The van der Waals surface area contributed by atoms with Gasteiger partial charge in [-0.3, -0.25) is 14.8 Å². The molecule has 2 atom stereocenters. The molecule has 2 aromatic rings. The van der Waals surface area contributed by atoms with Crippen LogP contribution in [0.4, 0.5) is 0 Å². The van der Waals surface area contributed by atoms with Crippen molar-refractivity contribution in [3.05, 3.63) is 63.2 Å². The lowest BCUT2D eigenvalue weighted by Gasteiger charge is -2.15. The van der Waals surface area contributed by atoms with E-state index in [4.69, 9.17) is 14.7 Å². The fourth-order valence-corrected chi connectivity index (χ4v) is 3.89. The Kier molecular flexibility index (Phi) is 6.01. The lowest BCUT2D eigenvalue weighted by molar-refractivity contribution is -0.149. The Labute approximate surface area is 171 Å². The van der Waals surface area contributed by atoms with Gasteiger partial charge in [-0.15, -0.1) is 0 Å². The van der Waals surface area contributed by atoms with Gasteiger partial charge in [-0.05, 0) is 70.8 Å². The van der Waals surface area contributed by atoms with Crippen LogP contribution in [-0.2, 0) is 27.4 Å². The number of amides is 1. The molecule has 0 heterocycles. The molecule has 1 saturated carbocycles. The third-order valence-corrected chi connectivity index (χ3v) is 5.50. The van der Waals surface area contributed by atoms with E-state index in [-0.39, 0.29) is 0 Å². The summed E-state index contributed by atoms with van der Waals surface area (Å²) in [5, 5.41) is 8.84. The van der Waals surface area contributed by atoms with E-state index in [1.54, 1.807) is 5.48 Å². The number of nitrogens with one attached hydrogen (secondary N) is 1. The highest BCUT2D eigenvalue weighted by Crippen LogP contribution is 2.55. The third kappa shape index (κ3) is 4.41. The summed E-state index contributed by atoms with van der Waals surface area (Å²) in [7, 11) is 1.30. The maximum Gasteiger partial charge on any atom is 0.312 e. The van der Waals surface area contributed by atoms with Crippen molar-refractivity contribution in [2.45, 2.75) is 19.4 Å². The Hall–Kier alpha value is -2.13. The monoisotopic (exact) mass is 481 g/mol. The molecule has 1 amide bonds. The zero-order valence-corrected chi connectivity index (χ0v) is 16.9. The molecule has 0 aromatic heterocycles. The average Bonchev–Trinajstić information content (AvgIpc) is 3.41. The van der Waals surface area contributed by atoms with Gasteiger partial charge in [-0.1, -0.05) is 24.3 Å². The number of ether oxygens (including phenoxy) is 2. The first kappa shape index (κ1) is 19.6. The molecule has 0 saturated heterocycles. The molecule has 3 rings (SSSR count). The van der Waals surface area contributed by atoms with E-state index in [9.17, 15) is 9.59 Å². The summed E-state index contributed by atoms with van der Waals surface area (Å²) in [6, 6.07) is 15.5. The van der Waals surface area contributed by atoms with Gasteiger partial charge in [0, 0.05) is 3.57 Å². The summed E-state index contributed by atoms with van der Waals surface area (Å²) in [6.45, 7) is 0.473. The molecule has 1 fully saturated rings. The predicted molar refractivity (Wildman–Crippen MR) is 106 cm³/mol.